The van der Waals surface area contributed by atoms with Crippen LogP contribution in [-0.2, 0) is 6.54 Å². The lowest BCUT2D eigenvalue weighted by Gasteiger charge is -2.05. The largest absolute Gasteiger partial charge is 0.380 e. The first-order valence-electron chi connectivity index (χ1n) is 4.75. The van der Waals surface area contributed by atoms with E-state index < -0.39 is 0 Å². The zero-order chi connectivity index (χ0) is 11.5. The van der Waals surface area contributed by atoms with Gasteiger partial charge in [0.05, 0.1) is 16.6 Å². The predicted octanol–water partition coefficient (Wildman–Crippen LogP) is 4.48. The van der Waals surface area contributed by atoms with Crippen LogP contribution in [0, 0.1) is 6.92 Å². The molecule has 2 rings (SSSR count). The average Bonchev–Trinajstić information content (AvgIpc) is 2.66. The summed E-state index contributed by atoms with van der Waals surface area (Å²) in [6, 6.07) is 5.79. The highest BCUT2D eigenvalue weighted by molar-refractivity contribution is 9.10. The first-order chi connectivity index (χ1) is 7.65. The highest BCUT2D eigenvalue weighted by Gasteiger charge is 2.00. The number of benzene rings is 1. The normalized spacial score (nSPS) is 10.4. The van der Waals surface area contributed by atoms with Crippen molar-refractivity contribution in [2.75, 3.05) is 5.32 Å². The Hall–Kier alpha value is -0.580. The maximum absolute atomic E-state index is 5.92. The molecule has 0 radical (unpaired) electrons. The fraction of sp³-hybridized carbons (Fsp3) is 0.182. The van der Waals surface area contributed by atoms with Crippen LogP contribution < -0.4 is 5.32 Å². The smallest absolute Gasteiger partial charge is 0.0897 e. The molecule has 0 saturated heterocycles. The third-order valence-corrected chi connectivity index (χ3v) is 4.18. The molecule has 0 unspecified atom stereocenters. The predicted molar refractivity (Wildman–Crippen MR) is 73.3 cm³/mol. The molecule has 0 bridgehead atoms. The van der Waals surface area contributed by atoms with Crippen molar-refractivity contribution in [2.24, 2.45) is 0 Å². The molecule has 1 heterocycles. The van der Waals surface area contributed by atoms with E-state index in [0.717, 1.165) is 26.7 Å². The molecule has 0 spiro atoms. The van der Waals surface area contributed by atoms with E-state index in [0.29, 0.717) is 0 Å². The van der Waals surface area contributed by atoms with E-state index in [2.05, 4.69) is 26.2 Å². The number of hydrogen-bond acceptors (Lipinski definition) is 3. The van der Waals surface area contributed by atoms with E-state index in [-0.39, 0.29) is 0 Å². The molecule has 0 aliphatic carbocycles. The van der Waals surface area contributed by atoms with Crippen LogP contribution in [0.5, 0.6) is 0 Å². The van der Waals surface area contributed by atoms with Crippen LogP contribution in [0.4, 0.5) is 5.69 Å². The summed E-state index contributed by atoms with van der Waals surface area (Å²) in [5.41, 5.74) is 1.04. The fourth-order valence-corrected chi connectivity index (χ4v) is 2.51. The van der Waals surface area contributed by atoms with E-state index >= 15 is 0 Å². The molecule has 0 aliphatic heterocycles. The van der Waals surface area contributed by atoms with Gasteiger partial charge in [-0.1, -0.05) is 11.6 Å². The van der Waals surface area contributed by atoms with Gasteiger partial charge < -0.3 is 5.32 Å². The minimum atomic E-state index is 0.721. The van der Waals surface area contributed by atoms with Crippen molar-refractivity contribution in [3.8, 4) is 0 Å². The van der Waals surface area contributed by atoms with Crippen molar-refractivity contribution in [1.82, 2.24) is 4.98 Å². The van der Waals surface area contributed by atoms with Crippen molar-refractivity contribution in [3.05, 3.63) is 43.8 Å². The Morgan fingerprint density at radius 1 is 1.50 bits per heavy atom. The van der Waals surface area contributed by atoms with Gasteiger partial charge in [0.1, 0.15) is 0 Å². The molecular formula is C11H10BrClN2S. The number of aromatic nitrogens is 1. The monoisotopic (exact) mass is 316 g/mol. The van der Waals surface area contributed by atoms with Gasteiger partial charge in [0, 0.05) is 21.2 Å². The second kappa shape index (κ2) is 5.17. The van der Waals surface area contributed by atoms with Crippen LogP contribution in [0.1, 0.15) is 9.88 Å². The van der Waals surface area contributed by atoms with Crippen LogP contribution in [0.25, 0.3) is 0 Å². The third kappa shape index (κ3) is 2.97. The quantitative estimate of drug-likeness (QED) is 0.903. The Labute approximate surface area is 112 Å². The van der Waals surface area contributed by atoms with Gasteiger partial charge in [-0.3, -0.25) is 0 Å². The summed E-state index contributed by atoms with van der Waals surface area (Å²) in [7, 11) is 0. The average molecular weight is 318 g/mol. The summed E-state index contributed by atoms with van der Waals surface area (Å²) in [5.74, 6) is 0. The summed E-state index contributed by atoms with van der Waals surface area (Å²) in [4.78, 5) is 5.43. The van der Waals surface area contributed by atoms with Crippen LogP contribution in [0.15, 0.2) is 28.9 Å². The Kier molecular flexibility index (Phi) is 3.84. The molecule has 1 aromatic carbocycles. The number of thiazole rings is 1. The van der Waals surface area contributed by atoms with E-state index in [4.69, 9.17) is 11.6 Å². The molecule has 16 heavy (non-hydrogen) atoms. The summed E-state index contributed by atoms with van der Waals surface area (Å²) in [6.07, 6.45) is 1.90. The molecule has 0 atom stereocenters. The number of aryl methyl sites for hydroxylation is 1. The van der Waals surface area contributed by atoms with Crippen molar-refractivity contribution in [2.45, 2.75) is 13.5 Å². The van der Waals surface area contributed by atoms with Crippen LogP contribution in [0.3, 0.4) is 0 Å². The number of hydrogen-bond donors (Lipinski definition) is 1. The fourth-order valence-electron chi connectivity index (χ4n) is 1.28. The summed E-state index contributed by atoms with van der Waals surface area (Å²) in [6.45, 7) is 2.80. The van der Waals surface area contributed by atoms with Gasteiger partial charge in [0.25, 0.3) is 0 Å². The van der Waals surface area contributed by atoms with Crippen molar-refractivity contribution in [1.29, 1.82) is 0 Å². The Balaban J connectivity index is 2.02. The molecule has 0 aliphatic rings. The lowest BCUT2D eigenvalue weighted by molar-refractivity contribution is 1.17. The van der Waals surface area contributed by atoms with Gasteiger partial charge >= 0.3 is 0 Å². The zero-order valence-corrected chi connectivity index (χ0v) is 11.8. The van der Waals surface area contributed by atoms with Crippen LogP contribution in [0.2, 0.25) is 5.02 Å². The maximum Gasteiger partial charge on any atom is 0.0897 e. The van der Waals surface area contributed by atoms with Gasteiger partial charge in [-0.25, -0.2) is 4.98 Å². The first-order valence-corrected chi connectivity index (χ1v) is 6.74. The molecule has 0 amide bonds. The number of anilines is 1. The topological polar surface area (TPSA) is 24.9 Å². The van der Waals surface area contributed by atoms with Crippen LogP contribution >= 0.6 is 38.9 Å². The van der Waals surface area contributed by atoms with E-state index in [9.17, 15) is 0 Å². The summed E-state index contributed by atoms with van der Waals surface area (Å²) >= 11 is 11.0. The van der Waals surface area contributed by atoms with E-state index in [1.165, 1.54) is 4.88 Å². The highest BCUT2D eigenvalue weighted by atomic mass is 79.9. The molecule has 0 saturated carbocycles. The molecule has 2 aromatic rings. The van der Waals surface area contributed by atoms with Crippen LogP contribution in [-0.4, -0.2) is 4.98 Å². The number of nitrogens with zero attached hydrogens (tertiary/aromatic N) is 1. The second-order valence-corrected chi connectivity index (χ2v) is 5.91. The summed E-state index contributed by atoms with van der Waals surface area (Å²) in [5, 5.41) is 5.14. The number of rotatable bonds is 3. The summed E-state index contributed by atoms with van der Waals surface area (Å²) < 4.78 is 0.902. The lowest BCUT2D eigenvalue weighted by atomic mass is 10.3. The molecular weight excluding hydrogens is 308 g/mol. The van der Waals surface area contributed by atoms with Crippen molar-refractivity contribution < 1.29 is 0 Å². The molecule has 5 heteroatoms. The molecule has 1 N–H and O–H groups in total. The SMILES string of the molecule is Cc1ncc(CNc2ccc(Cl)c(Br)c2)s1. The molecule has 0 fully saturated rings. The van der Waals surface area contributed by atoms with Gasteiger partial charge in [-0.2, -0.15) is 0 Å². The second-order valence-electron chi connectivity index (χ2n) is 3.33. The zero-order valence-electron chi connectivity index (χ0n) is 8.63. The minimum Gasteiger partial charge on any atom is -0.380 e. The number of nitrogens with one attached hydrogen (secondary N) is 1. The highest BCUT2D eigenvalue weighted by Crippen LogP contribution is 2.26. The minimum absolute atomic E-state index is 0.721. The van der Waals surface area contributed by atoms with Crippen molar-refractivity contribution >= 4 is 44.6 Å². The Morgan fingerprint density at radius 3 is 2.94 bits per heavy atom. The van der Waals surface area contributed by atoms with E-state index in [1.807, 2.05) is 31.3 Å². The van der Waals surface area contributed by atoms with Gasteiger partial charge in [-0.15, -0.1) is 11.3 Å². The maximum atomic E-state index is 5.92. The number of halogens is 2. The van der Waals surface area contributed by atoms with E-state index in [1.54, 1.807) is 11.3 Å². The standard InChI is InChI=1S/C11H10BrClN2S/c1-7-14-5-9(16-7)6-15-8-2-3-11(13)10(12)4-8/h2-5,15H,6H2,1H3. The molecule has 2 nitrogen and oxygen atoms in total. The Morgan fingerprint density at radius 2 is 2.31 bits per heavy atom. The van der Waals surface area contributed by atoms with Crippen molar-refractivity contribution in [3.63, 3.8) is 0 Å². The molecule has 84 valence electrons. The van der Waals surface area contributed by atoms with Gasteiger partial charge in [0.15, 0.2) is 0 Å². The van der Waals surface area contributed by atoms with Gasteiger partial charge in [0.2, 0.25) is 0 Å². The Bertz CT molecular complexity index is 498. The third-order valence-electron chi connectivity index (χ3n) is 2.06. The molecule has 1 aromatic heterocycles. The van der Waals surface area contributed by atoms with Gasteiger partial charge in [-0.05, 0) is 41.1 Å². The first kappa shape index (κ1) is 11.9. The lowest BCUT2D eigenvalue weighted by Crippen LogP contribution is -1.97.